The van der Waals surface area contributed by atoms with Crippen LogP contribution in [0.25, 0.3) is 0 Å². The van der Waals surface area contributed by atoms with Gasteiger partial charge in [-0.15, -0.1) is 0 Å². The summed E-state index contributed by atoms with van der Waals surface area (Å²) in [5.41, 5.74) is 0.429. The van der Waals surface area contributed by atoms with Gasteiger partial charge in [0.25, 0.3) is 0 Å². The van der Waals surface area contributed by atoms with Crippen molar-refractivity contribution in [3.63, 3.8) is 0 Å². The quantitative estimate of drug-likeness (QED) is 0.753. The Bertz CT molecular complexity index is 472. The first kappa shape index (κ1) is 16.0. The van der Waals surface area contributed by atoms with Crippen LogP contribution in [0.2, 0.25) is 0 Å². The third kappa shape index (κ3) is 4.03. The van der Waals surface area contributed by atoms with Crippen molar-refractivity contribution in [2.75, 3.05) is 37.6 Å². The third-order valence-electron chi connectivity index (χ3n) is 4.26. The first-order chi connectivity index (χ1) is 10.1. The highest BCUT2D eigenvalue weighted by Crippen LogP contribution is 2.24. The van der Waals surface area contributed by atoms with Crippen LogP contribution in [-0.2, 0) is 4.79 Å². The molecule has 4 heteroatoms. The summed E-state index contributed by atoms with van der Waals surface area (Å²) in [6.45, 7) is 8.31. The Balaban J connectivity index is 1.92. The minimum Gasteiger partial charge on any atom is -0.367 e. The Morgan fingerprint density at radius 1 is 1.24 bits per heavy atom. The normalized spacial score (nSPS) is 19.3. The summed E-state index contributed by atoms with van der Waals surface area (Å²) >= 11 is 0. The van der Waals surface area contributed by atoms with Crippen molar-refractivity contribution in [1.82, 2.24) is 4.90 Å². The van der Waals surface area contributed by atoms with E-state index in [0.717, 1.165) is 51.9 Å². The lowest BCUT2D eigenvalue weighted by molar-refractivity contribution is -0.116. The minimum absolute atomic E-state index is 0.158. The van der Waals surface area contributed by atoms with E-state index in [1.807, 2.05) is 19.1 Å². The number of carbonyl (C=O) groups is 1. The molecule has 21 heavy (non-hydrogen) atoms. The van der Waals surface area contributed by atoms with E-state index in [-0.39, 0.29) is 11.2 Å². The van der Waals surface area contributed by atoms with Crippen molar-refractivity contribution in [2.45, 2.75) is 26.7 Å². The number of para-hydroxylation sites is 1. The van der Waals surface area contributed by atoms with Gasteiger partial charge >= 0.3 is 0 Å². The highest BCUT2D eigenvalue weighted by molar-refractivity contribution is 5.59. The van der Waals surface area contributed by atoms with Crippen LogP contribution in [-0.4, -0.2) is 43.9 Å². The highest BCUT2D eigenvalue weighted by atomic mass is 19.1. The van der Waals surface area contributed by atoms with E-state index < -0.39 is 0 Å². The highest BCUT2D eigenvalue weighted by Gasteiger charge is 2.28. The third-order valence-corrected chi connectivity index (χ3v) is 4.26. The maximum atomic E-state index is 13.8. The van der Waals surface area contributed by atoms with Gasteiger partial charge in [-0.1, -0.05) is 32.4 Å². The van der Waals surface area contributed by atoms with E-state index in [1.54, 1.807) is 6.07 Å². The number of anilines is 1. The van der Waals surface area contributed by atoms with E-state index in [4.69, 9.17) is 0 Å². The molecular formula is C17H25FN2O. The van der Waals surface area contributed by atoms with Crippen LogP contribution in [0, 0.1) is 11.2 Å². The van der Waals surface area contributed by atoms with Crippen molar-refractivity contribution >= 4 is 12.0 Å². The van der Waals surface area contributed by atoms with Gasteiger partial charge in [0.2, 0.25) is 0 Å². The van der Waals surface area contributed by atoms with Gasteiger partial charge in [-0.2, -0.15) is 0 Å². The molecule has 0 aliphatic carbocycles. The smallest absolute Gasteiger partial charge is 0.146 e. The molecule has 1 aliphatic heterocycles. The van der Waals surface area contributed by atoms with Gasteiger partial charge in [0.05, 0.1) is 5.69 Å². The molecule has 0 aromatic heterocycles. The van der Waals surface area contributed by atoms with Crippen LogP contribution in [0.3, 0.4) is 0 Å². The molecular weight excluding hydrogens is 267 g/mol. The Morgan fingerprint density at radius 3 is 2.48 bits per heavy atom. The average molecular weight is 292 g/mol. The molecule has 0 N–H and O–H groups in total. The zero-order chi connectivity index (χ0) is 15.3. The molecule has 1 atom stereocenters. The molecule has 0 amide bonds. The van der Waals surface area contributed by atoms with Crippen LogP contribution < -0.4 is 4.90 Å². The van der Waals surface area contributed by atoms with Crippen LogP contribution in [0.15, 0.2) is 24.3 Å². The fourth-order valence-corrected chi connectivity index (χ4v) is 3.11. The van der Waals surface area contributed by atoms with Crippen molar-refractivity contribution in [2.24, 2.45) is 5.41 Å². The lowest BCUT2D eigenvalue weighted by atomic mass is 9.86. The zero-order valence-electron chi connectivity index (χ0n) is 13.0. The number of piperazine rings is 1. The predicted octanol–water partition coefficient (Wildman–Crippen LogP) is 2.95. The largest absolute Gasteiger partial charge is 0.367 e. The second kappa shape index (κ2) is 7.03. The molecule has 1 saturated heterocycles. The van der Waals surface area contributed by atoms with Gasteiger partial charge in [-0.05, 0) is 18.6 Å². The Morgan fingerprint density at radius 2 is 1.90 bits per heavy atom. The van der Waals surface area contributed by atoms with Crippen LogP contribution in [0.1, 0.15) is 26.7 Å². The van der Waals surface area contributed by atoms with E-state index in [1.165, 1.54) is 6.07 Å². The molecule has 0 saturated carbocycles. The summed E-state index contributed by atoms with van der Waals surface area (Å²) in [4.78, 5) is 15.7. The summed E-state index contributed by atoms with van der Waals surface area (Å²) in [6.07, 6.45) is 3.04. The maximum Gasteiger partial charge on any atom is 0.146 e. The second-order valence-corrected chi connectivity index (χ2v) is 6.24. The summed E-state index contributed by atoms with van der Waals surface area (Å²) in [5, 5.41) is 0. The molecule has 1 aromatic carbocycles. The van der Waals surface area contributed by atoms with Crippen molar-refractivity contribution in [3.05, 3.63) is 30.1 Å². The lowest BCUT2D eigenvalue weighted by Gasteiger charge is -2.39. The average Bonchev–Trinajstić information content (AvgIpc) is 2.49. The van der Waals surface area contributed by atoms with Gasteiger partial charge in [-0.3, -0.25) is 4.90 Å². The van der Waals surface area contributed by atoms with Gasteiger partial charge in [-0.25, -0.2) is 4.39 Å². The number of nitrogens with zero attached hydrogens (tertiary/aromatic N) is 2. The number of halogens is 1. The number of carbonyl (C=O) groups excluding carboxylic acids is 1. The van der Waals surface area contributed by atoms with E-state index in [2.05, 4.69) is 16.7 Å². The molecule has 0 radical (unpaired) electrons. The monoisotopic (exact) mass is 292 g/mol. The van der Waals surface area contributed by atoms with Gasteiger partial charge in [0.1, 0.15) is 12.1 Å². The van der Waals surface area contributed by atoms with Crippen molar-refractivity contribution < 1.29 is 9.18 Å². The Labute approximate surface area is 126 Å². The molecule has 0 bridgehead atoms. The topological polar surface area (TPSA) is 23.6 Å². The number of rotatable bonds is 6. The summed E-state index contributed by atoms with van der Waals surface area (Å²) in [7, 11) is 0. The number of hydrogen-bond donors (Lipinski definition) is 0. The molecule has 3 nitrogen and oxygen atoms in total. The fraction of sp³-hybridized carbons (Fsp3) is 0.588. The fourth-order valence-electron chi connectivity index (χ4n) is 3.11. The molecule has 1 aliphatic rings. The summed E-state index contributed by atoms with van der Waals surface area (Å²) in [6, 6.07) is 6.93. The SMILES string of the molecule is CCCC(C)(C=O)CN1CCN(c2ccccc2F)CC1. The minimum atomic E-state index is -0.255. The van der Waals surface area contributed by atoms with Crippen LogP contribution in [0.4, 0.5) is 10.1 Å². The predicted molar refractivity (Wildman–Crippen MR) is 84.1 cm³/mol. The van der Waals surface area contributed by atoms with E-state index in [0.29, 0.717) is 5.69 Å². The molecule has 116 valence electrons. The first-order valence-corrected chi connectivity index (χ1v) is 7.76. The molecule has 2 rings (SSSR count). The number of aldehydes is 1. The molecule has 1 aromatic rings. The standard InChI is InChI=1S/C17H25FN2O/c1-3-8-17(2,14-21)13-19-9-11-20(12-10-19)16-7-5-4-6-15(16)18/h4-7,14H,3,8-13H2,1-2H3. The zero-order valence-corrected chi connectivity index (χ0v) is 13.0. The lowest BCUT2D eigenvalue weighted by Crippen LogP contribution is -2.50. The van der Waals surface area contributed by atoms with E-state index in [9.17, 15) is 9.18 Å². The Kier molecular flexibility index (Phi) is 5.34. The molecule has 1 unspecified atom stereocenters. The molecule has 1 fully saturated rings. The van der Waals surface area contributed by atoms with E-state index >= 15 is 0 Å². The Hall–Kier alpha value is -1.42. The van der Waals surface area contributed by atoms with Crippen molar-refractivity contribution in [3.8, 4) is 0 Å². The van der Waals surface area contributed by atoms with Gasteiger partial charge in [0.15, 0.2) is 0 Å². The summed E-state index contributed by atoms with van der Waals surface area (Å²) < 4.78 is 13.8. The number of benzene rings is 1. The second-order valence-electron chi connectivity index (χ2n) is 6.24. The van der Waals surface area contributed by atoms with Crippen molar-refractivity contribution in [1.29, 1.82) is 0 Å². The maximum absolute atomic E-state index is 13.8. The number of hydrogen-bond acceptors (Lipinski definition) is 3. The van der Waals surface area contributed by atoms with Crippen LogP contribution >= 0.6 is 0 Å². The van der Waals surface area contributed by atoms with Gasteiger partial charge in [0, 0.05) is 38.1 Å². The molecule has 0 spiro atoms. The molecule has 1 heterocycles. The van der Waals surface area contributed by atoms with Crippen LogP contribution in [0.5, 0.6) is 0 Å². The first-order valence-electron chi connectivity index (χ1n) is 7.76. The van der Waals surface area contributed by atoms with Gasteiger partial charge < -0.3 is 9.69 Å². The summed E-state index contributed by atoms with van der Waals surface area (Å²) in [5.74, 6) is -0.158.